The third-order valence-corrected chi connectivity index (χ3v) is 7.00. The molecule has 2 N–H and O–H groups in total. The Kier molecular flexibility index (Phi) is 11.7. The number of hydrogen-bond donors (Lipinski definition) is 2. The molecule has 1 aromatic carbocycles. The lowest BCUT2D eigenvalue weighted by atomic mass is 9.79. The molecule has 0 aliphatic heterocycles. The van der Waals surface area contributed by atoms with Crippen molar-refractivity contribution in [2.75, 3.05) is 0 Å². The summed E-state index contributed by atoms with van der Waals surface area (Å²) in [5.74, 6) is -2.52. The molecule has 37 heavy (non-hydrogen) atoms. The minimum atomic E-state index is -1.44. The molecule has 0 bridgehead atoms. The normalized spacial score (nSPS) is 29.9. The van der Waals surface area contributed by atoms with Crippen molar-refractivity contribution in [3.63, 3.8) is 0 Å². The first-order chi connectivity index (χ1) is 17.4. The molecule has 2 rings (SSSR count). The van der Waals surface area contributed by atoms with E-state index in [1.165, 1.54) is 19.4 Å². The summed E-state index contributed by atoms with van der Waals surface area (Å²) in [6.45, 7) is 8.58. The number of allylic oxidation sites excluding steroid dienone is 5. The molecular formula is C31H42O6. The molecule has 1 aromatic rings. The number of ether oxygens (including phenoxy) is 1. The fourth-order valence-electron chi connectivity index (χ4n) is 4.63. The van der Waals surface area contributed by atoms with Crippen LogP contribution in [-0.4, -0.2) is 45.6 Å². The Hall–Kier alpha value is -2.83. The number of aliphatic hydroxyl groups is 2. The van der Waals surface area contributed by atoms with E-state index in [-0.39, 0.29) is 19.3 Å². The lowest BCUT2D eigenvalue weighted by Gasteiger charge is -2.32. The van der Waals surface area contributed by atoms with Gasteiger partial charge in [-0.25, -0.2) is 0 Å². The molecule has 6 heteroatoms. The Morgan fingerprint density at radius 2 is 1.86 bits per heavy atom. The Morgan fingerprint density at radius 3 is 2.51 bits per heavy atom. The number of carbonyl (C=O) groups excluding carboxylic acids is 3. The van der Waals surface area contributed by atoms with Crippen LogP contribution in [0.3, 0.4) is 0 Å². The van der Waals surface area contributed by atoms with Gasteiger partial charge in [0.25, 0.3) is 0 Å². The summed E-state index contributed by atoms with van der Waals surface area (Å²) in [6.07, 6.45) is 9.02. The van der Waals surface area contributed by atoms with Gasteiger partial charge in [0.2, 0.25) is 11.6 Å². The van der Waals surface area contributed by atoms with E-state index >= 15 is 0 Å². The van der Waals surface area contributed by atoms with Crippen LogP contribution in [0.25, 0.3) is 0 Å². The van der Waals surface area contributed by atoms with Crippen LogP contribution in [0.1, 0.15) is 65.9 Å². The molecule has 0 amide bonds. The second kappa shape index (κ2) is 14.2. The average molecular weight is 511 g/mol. The highest BCUT2D eigenvalue weighted by Gasteiger charge is 2.36. The van der Waals surface area contributed by atoms with Crippen molar-refractivity contribution < 1.29 is 29.3 Å². The van der Waals surface area contributed by atoms with Crippen LogP contribution in [0.2, 0.25) is 0 Å². The number of esters is 1. The summed E-state index contributed by atoms with van der Waals surface area (Å²) in [4.78, 5) is 37.6. The van der Waals surface area contributed by atoms with Crippen LogP contribution in [0.15, 0.2) is 66.3 Å². The zero-order valence-corrected chi connectivity index (χ0v) is 22.7. The third kappa shape index (κ3) is 9.86. The molecule has 0 radical (unpaired) electrons. The predicted molar refractivity (Wildman–Crippen MR) is 145 cm³/mol. The molecule has 1 aliphatic carbocycles. The average Bonchev–Trinajstić information content (AvgIpc) is 2.84. The maximum Gasteiger partial charge on any atom is 0.303 e. The smallest absolute Gasteiger partial charge is 0.303 e. The Morgan fingerprint density at radius 1 is 1.19 bits per heavy atom. The summed E-state index contributed by atoms with van der Waals surface area (Å²) in [5.41, 5.74) is 0.582. The van der Waals surface area contributed by atoms with Crippen LogP contribution >= 0.6 is 0 Å². The van der Waals surface area contributed by atoms with Crippen molar-refractivity contribution in [2.45, 2.75) is 84.5 Å². The summed E-state index contributed by atoms with van der Waals surface area (Å²) < 4.78 is 5.35. The maximum atomic E-state index is 13.2. The van der Waals surface area contributed by atoms with Gasteiger partial charge in [-0.05, 0) is 63.0 Å². The van der Waals surface area contributed by atoms with Gasteiger partial charge in [-0.2, -0.15) is 0 Å². The highest BCUT2D eigenvalue weighted by Crippen LogP contribution is 2.29. The van der Waals surface area contributed by atoms with Gasteiger partial charge in [-0.1, -0.05) is 74.1 Å². The standard InChI is InChI=1S/C31H42O6/c1-21(14-16-25-12-7-6-8-13-25)10-9-11-22(2)29-23(3)15-17-28(37-24(4)32)31(5,36)19-18-26(33)20-27(34)30(29)35/h6-13,15,17,21,23,26,28-29,33,36H,14,16,18-20H2,1-5H3/b10-9+,17-15+,22-11+/t21?,23-,26-,28-,29+,31-/m0/s1. The largest absolute Gasteiger partial charge is 0.455 e. The van der Waals surface area contributed by atoms with E-state index in [0.29, 0.717) is 5.92 Å². The lowest BCUT2D eigenvalue weighted by molar-refractivity contribution is -0.156. The van der Waals surface area contributed by atoms with E-state index in [9.17, 15) is 24.6 Å². The first-order valence-corrected chi connectivity index (χ1v) is 13.1. The highest BCUT2D eigenvalue weighted by atomic mass is 16.6. The second-order valence-electron chi connectivity index (χ2n) is 10.6. The molecule has 0 aromatic heterocycles. The fourth-order valence-corrected chi connectivity index (χ4v) is 4.63. The number of benzene rings is 1. The molecule has 202 valence electrons. The van der Waals surface area contributed by atoms with Crippen molar-refractivity contribution >= 4 is 17.5 Å². The monoisotopic (exact) mass is 510 g/mol. The van der Waals surface area contributed by atoms with Gasteiger partial charge < -0.3 is 14.9 Å². The van der Waals surface area contributed by atoms with Crippen molar-refractivity contribution in [3.8, 4) is 0 Å². The topological polar surface area (TPSA) is 101 Å². The van der Waals surface area contributed by atoms with Crippen molar-refractivity contribution in [2.24, 2.45) is 17.8 Å². The minimum absolute atomic E-state index is 0.0935. The van der Waals surface area contributed by atoms with E-state index < -0.39 is 47.2 Å². The first kappa shape index (κ1) is 30.4. The van der Waals surface area contributed by atoms with E-state index in [1.54, 1.807) is 12.2 Å². The van der Waals surface area contributed by atoms with Gasteiger partial charge in [0.05, 0.1) is 12.0 Å². The number of Topliss-reactive ketones (excluding diaryl/α,β-unsaturated/α-hetero) is 2. The molecule has 0 saturated heterocycles. The molecule has 1 aliphatic rings. The number of rotatable bonds is 7. The van der Waals surface area contributed by atoms with E-state index in [2.05, 4.69) is 25.1 Å². The van der Waals surface area contributed by atoms with Crippen LogP contribution in [0, 0.1) is 17.8 Å². The van der Waals surface area contributed by atoms with Gasteiger partial charge >= 0.3 is 5.97 Å². The van der Waals surface area contributed by atoms with Crippen molar-refractivity contribution in [1.82, 2.24) is 0 Å². The van der Waals surface area contributed by atoms with Crippen LogP contribution in [0.5, 0.6) is 0 Å². The zero-order valence-electron chi connectivity index (χ0n) is 22.7. The van der Waals surface area contributed by atoms with E-state index in [0.717, 1.165) is 18.4 Å². The van der Waals surface area contributed by atoms with Gasteiger partial charge in [0.1, 0.15) is 11.7 Å². The highest BCUT2D eigenvalue weighted by molar-refractivity contribution is 6.38. The number of carbonyl (C=O) groups is 3. The van der Waals surface area contributed by atoms with Crippen LogP contribution in [-0.2, 0) is 25.5 Å². The van der Waals surface area contributed by atoms with Crippen molar-refractivity contribution in [1.29, 1.82) is 0 Å². The summed E-state index contributed by atoms with van der Waals surface area (Å²) >= 11 is 0. The quantitative estimate of drug-likeness (QED) is 0.233. The van der Waals surface area contributed by atoms with Crippen molar-refractivity contribution in [3.05, 3.63) is 71.8 Å². The molecule has 0 spiro atoms. The lowest BCUT2D eigenvalue weighted by Crippen LogP contribution is -2.42. The van der Waals surface area contributed by atoms with Gasteiger partial charge in [0, 0.05) is 13.3 Å². The summed E-state index contributed by atoms with van der Waals surface area (Å²) in [7, 11) is 0. The van der Waals surface area contributed by atoms with Crippen LogP contribution < -0.4 is 0 Å². The number of hydrogen-bond acceptors (Lipinski definition) is 6. The SMILES string of the molecule is CC(=O)O[C@H]1/C=C/[C@H](C)[C@@H](/C(C)=C/C=C/C(C)CCc2ccccc2)C(=O)C(=O)C[C@@H](O)CC[C@]1(C)O. The van der Waals surface area contributed by atoms with E-state index in [1.807, 2.05) is 44.2 Å². The predicted octanol–water partition coefficient (Wildman–Crippen LogP) is 4.93. The maximum absolute atomic E-state index is 13.2. The minimum Gasteiger partial charge on any atom is -0.455 e. The molecule has 0 saturated carbocycles. The molecule has 6 atom stereocenters. The first-order valence-electron chi connectivity index (χ1n) is 13.1. The zero-order chi connectivity index (χ0) is 27.6. The Labute approximate surface area is 221 Å². The van der Waals surface area contributed by atoms with Gasteiger partial charge in [0.15, 0.2) is 0 Å². The molecular weight excluding hydrogens is 468 g/mol. The van der Waals surface area contributed by atoms with Crippen LogP contribution in [0.4, 0.5) is 0 Å². The third-order valence-electron chi connectivity index (χ3n) is 7.00. The number of ketones is 2. The summed E-state index contributed by atoms with van der Waals surface area (Å²) in [5, 5.41) is 21.3. The van der Waals surface area contributed by atoms with Gasteiger partial charge in [-0.15, -0.1) is 0 Å². The van der Waals surface area contributed by atoms with E-state index in [4.69, 9.17) is 4.74 Å². The summed E-state index contributed by atoms with van der Waals surface area (Å²) in [6, 6.07) is 10.3. The molecule has 0 fully saturated rings. The van der Waals surface area contributed by atoms with Gasteiger partial charge in [-0.3, -0.25) is 14.4 Å². The number of aryl methyl sites for hydroxylation is 1. The molecule has 1 unspecified atom stereocenters. The number of aliphatic hydroxyl groups excluding tert-OH is 1. The molecule has 0 heterocycles. The second-order valence-corrected chi connectivity index (χ2v) is 10.6. The molecule has 6 nitrogen and oxygen atoms in total. The fraction of sp³-hybridized carbons (Fsp3) is 0.516. The Balaban J connectivity index is 2.25. The Bertz CT molecular complexity index is 1000.